The first-order chi connectivity index (χ1) is 13.1. The van der Waals surface area contributed by atoms with E-state index in [-0.39, 0.29) is 24.7 Å². The number of para-hydroxylation sites is 1. The molecule has 3 N–H and O–H groups in total. The highest BCUT2D eigenvalue weighted by Crippen LogP contribution is 2.20. The van der Waals surface area contributed by atoms with Gasteiger partial charge < -0.3 is 24.8 Å². The molecule has 0 spiro atoms. The summed E-state index contributed by atoms with van der Waals surface area (Å²) < 4.78 is 19.2. The van der Waals surface area contributed by atoms with Crippen LogP contribution in [0.1, 0.15) is 16.4 Å². The van der Waals surface area contributed by atoms with Crippen molar-refractivity contribution in [3.8, 4) is 0 Å². The van der Waals surface area contributed by atoms with Gasteiger partial charge in [-0.2, -0.15) is 0 Å². The Labute approximate surface area is 156 Å². The third-order valence-corrected chi connectivity index (χ3v) is 4.48. The number of halogens is 1. The number of amides is 1. The lowest BCUT2D eigenvalue weighted by atomic mass is 10.2. The van der Waals surface area contributed by atoms with E-state index in [4.69, 9.17) is 14.6 Å². The minimum atomic E-state index is -0.732. The van der Waals surface area contributed by atoms with Gasteiger partial charge in [0.05, 0.1) is 31.5 Å². The maximum atomic E-state index is 13.9. The number of carbonyl (C=O) groups excluding carboxylic acids is 1. The largest absolute Gasteiger partial charge is 0.447 e. The van der Waals surface area contributed by atoms with Crippen LogP contribution in [-0.2, 0) is 6.54 Å². The molecule has 1 amide bonds. The molecule has 2 heterocycles. The topological polar surface area (TPSA) is 102 Å². The summed E-state index contributed by atoms with van der Waals surface area (Å²) in [7, 11) is 0. The summed E-state index contributed by atoms with van der Waals surface area (Å²) in [6.45, 7) is 2.53. The molecule has 2 aromatic rings. The Morgan fingerprint density at radius 3 is 2.59 bits per heavy atom. The van der Waals surface area contributed by atoms with Crippen LogP contribution in [0.25, 0.3) is 0 Å². The Bertz CT molecular complexity index is 757. The zero-order chi connectivity index (χ0) is 19.2. The Morgan fingerprint density at radius 1 is 1.22 bits per heavy atom. The third-order valence-electron chi connectivity index (χ3n) is 4.48. The second kappa shape index (κ2) is 8.94. The van der Waals surface area contributed by atoms with E-state index in [0.29, 0.717) is 31.2 Å². The molecule has 0 bridgehead atoms. The molecule has 0 radical (unpaired) electrons. The summed E-state index contributed by atoms with van der Waals surface area (Å²) in [6.07, 6.45) is 1.26. The van der Waals surface area contributed by atoms with Gasteiger partial charge in [0, 0.05) is 26.2 Å². The molecule has 8 nitrogen and oxygen atoms in total. The average Bonchev–Trinajstić information content (AvgIpc) is 3.16. The Kier molecular flexibility index (Phi) is 6.38. The molecule has 9 heteroatoms. The number of hydrogen-bond acceptors (Lipinski definition) is 7. The molecule has 1 aromatic heterocycles. The highest BCUT2D eigenvalue weighted by atomic mass is 19.1. The van der Waals surface area contributed by atoms with E-state index in [9.17, 15) is 9.18 Å². The number of nitrogens with one attached hydrogen (secondary N) is 1. The van der Waals surface area contributed by atoms with E-state index in [2.05, 4.69) is 15.2 Å². The van der Waals surface area contributed by atoms with Crippen molar-refractivity contribution in [2.45, 2.75) is 12.6 Å². The molecule has 0 saturated carbocycles. The minimum absolute atomic E-state index is 0.0990. The molecule has 1 saturated heterocycles. The number of carbonyl (C=O) groups is 1. The molecule has 3 rings (SSSR count). The molecule has 1 aliphatic rings. The third kappa shape index (κ3) is 4.82. The molecular formula is C18H23FN4O4. The number of nitrogens with zero attached hydrogens (tertiary/aromatic N) is 3. The summed E-state index contributed by atoms with van der Waals surface area (Å²) in [5, 5.41) is 20.5. The van der Waals surface area contributed by atoms with Gasteiger partial charge in [-0.1, -0.05) is 12.1 Å². The SMILES string of the molecule is O=C(NC(CO)CO)c1coc(CN2CCN(c3ccccc3F)CC2)n1. The highest BCUT2D eigenvalue weighted by Gasteiger charge is 2.22. The molecule has 0 unspecified atom stereocenters. The lowest BCUT2D eigenvalue weighted by molar-refractivity contribution is 0.0874. The van der Waals surface area contributed by atoms with Crippen molar-refractivity contribution in [2.75, 3.05) is 44.3 Å². The fraction of sp³-hybridized carbons (Fsp3) is 0.444. The Hall–Kier alpha value is -2.49. The van der Waals surface area contributed by atoms with E-state index >= 15 is 0 Å². The second-order valence-electron chi connectivity index (χ2n) is 6.38. The van der Waals surface area contributed by atoms with Gasteiger partial charge in [-0.25, -0.2) is 9.37 Å². The molecular weight excluding hydrogens is 355 g/mol. The molecule has 27 heavy (non-hydrogen) atoms. The number of aliphatic hydroxyl groups excluding tert-OH is 2. The van der Waals surface area contributed by atoms with E-state index in [1.165, 1.54) is 12.3 Å². The second-order valence-corrected chi connectivity index (χ2v) is 6.38. The van der Waals surface area contributed by atoms with Gasteiger partial charge >= 0.3 is 0 Å². The summed E-state index contributed by atoms with van der Waals surface area (Å²) in [6, 6.07) is 6.00. The van der Waals surface area contributed by atoms with E-state index < -0.39 is 11.9 Å². The van der Waals surface area contributed by atoms with Crippen molar-refractivity contribution >= 4 is 11.6 Å². The number of aliphatic hydroxyl groups is 2. The Balaban J connectivity index is 1.52. The Morgan fingerprint density at radius 2 is 1.93 bits per heavy atom. The average molecular weight is 378 g/mol. The lowest BCUT2D eigenvalue weighted by Crippen LogP contribution is -2.46. The smallest absolute Gasteiger partial charge is 0.273 e. The summed E-state index contributed by atoms with van der Waals surface area (Å²) in [4.78, 5) is 20.3. The number of hydrogen-bond donors (Lipinski definition) is 3. The monoisotopic (exact) mass is 378 g/mol. The van der Waals surface area contributed by atoms with Gasteiger partial charge in [0.25, 0.3) is 5.91 Å². The van der Waals surface area contributed by atoms with E-state index in [1.54, 1.807) is 12.1 Å². The van der Waals surface area contributed by atoms with Crippen molar-refractivity contribution in [2.24, 2.45) is 0 Å². The predicted molar refractivity (Wildman–Crippen MR) is 95.8 cm³/mol. The highest BCUT2D eigenvalue weighted by molar-refractivity contribution is 5.92. The summed E-state index contributed by atoms with van der Waals surface area (Å²) >= 11 is 0. The summed E-state index contributed by atoms with van der Waals surface area (Å²) in [5.41, 5.74) is 0.705. The van der Waals surface area contributed by atoms with Crippen molar-refractivity contribution in [1.82, 2.24) is 15.2 Å². The zero-order valence-corrected chi connectivity index (χ0v) is 14.8. The standard InChI is InChI=1S/C18H23FN4O4/c19-14-3-1-2-4-16(14)23-7-5-22(6-8-23)9-17-21-15(12-27-17)18(26)20-13(10-24)11-25/h1-4,12-13,24-25H,5-11H2,(H,20,26). The normalized spacial score (nSPS) is 15.3. The van der Waals surface area contributed by atoms with Gasteiger partial charge in [-0.15, -0.1) is 0 Å². The minimum Gasteiger partial charge on any atom is -0.447 e. The van der Waals surface area contributed by atoms with Crippen LogP contribution in [0.15, 0.2) is 34.9 Å². The van der Waals surface area contributed by atoms with Crippen LogP contribution >= 0.6 is 0 Å². The van der Waals surface area contributed by atoms with Gasteiger partial charge in [0.1, 0.15) is 12.1 Å². The number of oxazole rings is 1. The van der Waals surface area contributed by atoms with Crippen LogP contribution in [0, 0.1) is 5.82 Å². The van der Waals surface area contributed by atoms with Crippen LogP contribution in [0.3, 0.4) is 0 Å². The molecule has 1 aromatic carbocycles. The number of anilines is 1. The first-order valence-electron chi connectivity index (χ1n) is 8.79. The maximum absolute atomic E-state index is 13.9. The van der Waals surface area contributed by atoms with Crippen molar-refractivity contribution < 1.29 is 23.8 Å². The van der Waals surface area contributed by atoms with Crippen LogP contribution in [-0.4, -0.2) is 71.4 Å². The zero-order valence-electron chi connectivity index (χ0n) is 14.8. The predicted octanol–water partition coefficient (Wildman–Crippen LogP) is 0.219. The molecule has 1 fully saturated rings. The maximum Gasteiger partial charge on any atom is 0.273 e. The van der Waals surface area contributed by atoms with Gasteiger partial charge in [-0.3, -0.25) is 9.69 Å². The summed E-state index contributed by atoms with van der Waals surface area (Å²) in [5.74, 6) is -0.329. The first kappa shape index (κ1) is 19.3. The lowest BCUT2D eigenvalue weighted by Gasteiger charge is -2.35. The number of rotatable bonds is 7. The van der Waals surface area contributed by atoms with Crippen molar-refractivity contribution in [1.29, 1.82) is 0 Å². The molecule has 0 atom stereocenters. The quantitative estimate of drug-likeness (QED) is 0.633. The van der Waals surface area contributed by atoms with Gasteiger partial charge in [0.15, 0.2) is 5.69 Å². The van der Waals surface area contributed by atoms with Gasteiger partial charge in [-0.05, 0) is 12.1 Å². The van der Waals surface area contributed by atoms with Crippen molar-refractivity contribution in [3.63, 3.8) is 0 Å². The van der Waals surface area contributed by atoms with Crippen molar-refractivity contribution in [3.05, 3.63) is 47.9 Å². The number of benzene rings is 1. The fourth-order valence-corrected chi connectivity index (χ4v) is 2.94. The van der Waals surface area contributed by atoms with E-state index in [0.717, 1.165) is 13.1 Å². The molecule has 1 aliphatic heterocycles. The van der Waals surface area contributed by atoms with Crippen LogP contribution in [0.5, 0.6) is 0 Å². The number of piperazine rings is 1. The van der Waals surface area contributed by atoms with Gasteiger partial charge in [0.2, 0.25) is 5.89 Å². The van der Waals surface area contributed by atoms with E-state index in [1.807, 2.05) is 11.0 Å². The van der Waals surface area contributed by atoms with Crippen LogP contribution in [0.2, 0.25) is 0 Å². The van der Waals surface area contributed by atoms with Crippen LogP contribution < -0.4 is 10.2 Å². The molecule has 146 valence electrons. The van der Waals surface area contributed by atoms with Crippen LogP contribution in [0.4, 0.5) is 10.1 Å². The molecule has 0 aliphatic carbocycles. The fourth-order valence-electron chi connectivity index (χ4n) is 2.94. The first-order valence-corrected chi connectivity index (χ1v) is 8.79. The number of aromatic nitrogens is 1.